The molecule has 13 heavy (non-hydrogen) atoms. The third-order valence-electron chi connectivity index (χ3n) is 1.66. The van der Waals surface area contributed by atoms with Crippen molar-refractivity contribution in [3.8, 4) is 0 Å². The lowest BCUT2D eigenvalue weighted by atomic mass is 10.1. The Hall–Kier alpha value is -1.57. The summed E-state index contributed by atoms with van der Waals surface area (Å²) in [6.45, 7) is 2.01. The average molecular weight is 176 g/mol. The minimum absolute atomic E-state index is 0.332. The van der Waals surface area contributed by atoms with Crippen LogP contribution in [0.15, 0.2) is 30.3 Å². The summed E-state index contributed by atoms with van der Waals surface area (Å²) in [6, 6.07) is 7.90. The number of rotatable bonds is 2. The van der Waals surface area contributed by atoms with Gasteiger partial charge in [0.05, 0.1) is 7.11 Å². The van der Waals surface area contributed by atoms with E-state index >= 15 is 0 Å². The molecule has 68 valence electrons. The SMILES string of the molecule is COC(=O)/C=C/c1cccc(C)c1. The van der Waals surface area contributed by atoms with E-state index in [0.29, 0.717) is 0 Å². The van der Waals surface area contributed by atoms with Gasteiger partial charge in [0.1, 0.15) is 0 Å². The lowest BCUT2D eigenvalue weighted by Crippen LogP contribution is -1.93. The quantitative estimate of drug-likeness (QED) is 0.510. The molecule has 0 amide bonds. The van der Waals surface area contributed by atoms with Gasteiger partial charge in [0.2, 0.25) is 0 Å². The third kappa shape index (κ3) is 3.11. The fraction of sp³-hybridized carbons (Fsp3) is 0.182. The third-order valence-corrected chi connectivity index (χ3v) is 1.66. The maximum atomic E-state index is 10.8. The van der Waals surface area contributed by atoms with Crippen LogP contribution in [-0.4, -0.2) is 13.1 Å². The van der Waals surface area contributed by atoms with Crippen LogP contribution in [0.3, 0.4) is 0 Å². The van der Waals surface area contributed by atoms with Gasteiger partial charge in [-0.2, -0.15) is 0 Å². The van der Waals surface area contributed by atoms with Gasteiger partial charge in [-0.15, -0.1) is 0 Å². The van der Waals surface area contributed by atoms with Gasteiger partial charge < -0.3 is 4.74 Å². The number of carbonyl (C=O) groups is 1. The highest BCUT2D eigenvalue weighted by atomic mass is 16.5. The summed E-state index contributed by atoms with van der Waals surface area (Å²) in [6.07, 6.45) is 3.15. The van der Waals surface area contributed by atoms with E-state index in [9.17, 15) is 4.79 Å². The van der Waals surface area contributed by atoms with Gasteiger partial charge in [-0.05, 0) is 18.6 Å². The summed E-state index contributed by atoms with van der Waals surface area (Å²) < 4.78 is 4.48. The molecule has 0 atom stereocenters. The van der Waals surface area contributed by atoms with Crippen molar-refractivity contribution >= 4 is 12.0 Å². The van der Waals surface area contributed by atoms with Crippen LogP contribution >= 0.6 is 0 Å². The van der Waals surface area contributed by atoms with Crippen molar-refractivity contribution in [2.75, 3.05) is 7.11 Å². The normalized spacial score (nSPS) is 10.3. The second kappa shape index (κ2) is 4.45. The lowest BCUT2D eigenvalue weighted by molar-refractivity contribution is -0.134. The molecule has 0 aromatic heterocycles. The Morgan fingerprint density at radius 1 is 1.46 bits per heavy atom. The van der Waals surface area contributed by atoms with Crippen LogP contribution in [0.25, 0.3) is 6.08 Å². The number of esters is 1. The number of methoxy groups -OCH3 is 1. The Morgan fingerprint density at radius 2 is 2.23 bits per heavy atom. The van der Waals surface area contributed by atoms with Crippen LogP contribution in [0.4, 0.5) is 0 Å². The van der Waals surface area contributed by atoms with Crippen molar-refractivity contribution in [2.45, 2.75) is 6.92 Å². The van der Waals surface area contributed by atoms with E-state index in [1.807, 2.05) is 31.2 Å². The lowest BCUT2D eigenvalue weighted by Gasteiger charge is -1.94. The molecule has 0 N–H and O–H groups in total. The highest BCUT2D eigenvalue weighted by Crippen LogP contribution is 2.05. The molecule has 0 aliphatic rings. The fourth-order valence-corrected chi connectivity index (χ4v) is 1.01. The van der Waals surface area contributed by atoms with E-state index in [2.05, 4.69) is 4.74 Å². The van der Waals surface area contributed by atoms with Gasteiger partial charge in [0.15, 0.2) is 0 Å². The van der Waals surface area contributed by atoms with E-state index in [4.69, 9.17) is 0 Å². The molecule has 0 fully saturated rings. The first-order chi connectivity index (χ1) is 6.22. The maximum absolute atomic E-state index is 10.8. The zero-order valence-corrected chi connectivity index (χ0v) is 7.78. The second-order valence-electron chi connectivity index (χ2n) is 2.77. The minimum atomic E-state index is -0.332. The number of benzene rings is 1. The molecule has 0 aliphatic carbocycles. The van der Waals surface area contributed by atoms with Crippen molar-refractivity contribution < 1.29 is 9.53 Å². The Morgan fingerprint density at radius 3 is 2.85 bits per heavy atom. The molecule has 0 spiro atoms. The fourth-order valence-electron chi connectivity index (χ4n) is 1.01. The summed E-state index contributed by atoms with van der Waals surface area (Å²) >= 11 is 0. The molecule has 1 aromatic carbocycles. The van der Waals surface area contributed by atoms with Crippen LogP contribution in [0.5, 0.6) is 0 Å². The molecule has 1 aromatic rings. The van der Waals surface area contributed by atoms with Crippen LogP contribution in [0, 0.1) is 6.92 Å². The highest BCUT2D eigenvalue weighted by Gasteiger charge is 1.91. The zero-order chi connectivity index (χ0) is 9.68. The molecule has 0 aliphatic heterocycles. The maximum Gasteiger partial charge on any atom is 0.330 e. The number of carbonyl (C=O) groups excluding carboxylic acids is 1. The molecule has 2 nitrogen and oxygen atoms in total. The number of aryl methyl sites for hydroxylation is 1. The smallest absolute Gasteiger partial charge is 0.330 e. The Labute approximate surface area is 77.8 Å². The van der Waals surface area contributed by atoms with E-state index in [1.165, 1.54) is 18.7 Å². The summed E-state index contributed by atoms with van der Waals surface area (Å²) in [5.74, 6) is -0.332. The molecular formula is C11H12O2. The Kier molecular flexibility index (Phi) is 3.26. The average Bonchev–Trinajstić information content (AvgIpc) is 2.14. The largest absolute Gasteiger partial charge is 0.466 e. The van der Waals surface area contributed by atoms with Crippen molar-refractivity contribution in [3.05, 3.63) is 41.5 Å². The summed E-state index contributed by atoms with van der Waals surface area (Å²) in [7, 11) is 1.36. The highest BCUT2D eigenvalue weighted by molar-refractivity contribution is 5.86. The van der Waals surface area contributed by atoms with Gasteiger partial charge in [-0.25, -0.2) is 4.79 Å². The molecule has 0 unspecified atom stereocenters. The Balaban J connectivity index is 2.74. The zero-order valence-electron chi connectivity index (χ0n) is 7.78. The van der Waals surface area contributed by atoms with Crippen LogP contribution < -0.4 is 0 Å². The van der Waals surface area contributed by atoms with Crippen molar-refractivity contribution in [1.29, 1.82) is 0 Å². The van der Waals surface area contributed by atoms with Crippen LogP contribution in [0.2, 0.25) is 0 Å². The topological polar surface area (TPSA) is 26.3 Å². The van der Waals surface area contributed by atoms with Crippen LogP contribution in [0.1, 0.15) is 11.1 Å². The Bertz CT molecular complexity index is 327. The monoisotopic (exact) mass is 176 g/mol. The number of hydrogen-bond acceptors (Lipinski definition) is 2. The molecule has 0 heterocycles. The second-order valence-corrected chi connectivity index (χ2v) is 2.77. The van der Waals surface area contributed by atoms with Crippen molar-refractivity contribution in [1.82, 2.24) is 0 Å². The number of ether oxygens (including phenoxy) is 1. The van der Waals surface area contributed by atoms with Gasteiger partial charge in [0.25, 0.3) is 0 Å². The predicted molar refractivity (Wildman–Crippen MR) is 52.2 cm³/mol. The summed E-state index contributed by atoms with van der Waals surface area (Å²) in [5.41, 5.74) is 2.18. The first-order valence-electron chi connectivity index (χ1n) is 4.05. The van der Waals surface area contributed by atoms with E-state index in [-0.39, 0.29) is 5.97 Å². The van der Waals surface area contributed by atoms with Gasteiger partial charge >= 0.3 is 5.97 Å². The standard InChI is InChI=1S/C11H12O2/c1-9-4-3-5-10(8-9)6-7-11(12)13-2/h3-8H,1-2H3/b7-6+. The molecular weight excluding hydrogens is 164 g/mol. The summed E-state index contributed by atoms with van der Waals surface area (Å²) in [5, 5.41) is 0. The minimum Gasteiger partial charge on any atom is -0.466 e. The molecule has 2 heteroatoms. The van der Waals surface area contributed by atoms with E-state index in [0.717, 1.165) is 5.56 Å². The predicted octanol–water partition coefficient (Wildman–Crippen LogP) is 2.18. The molecule has 0 radical (unpaired) electrons. The molecule has 0 saturated heterocycles. The van der Waals surface area contributed by atoms with E-state index in [1.54, 1.807) is 6.08 Å². The van der Waals surface area contributed by atoms with E-state index < -0.39 is 0 Å². The first kappa shape index (κ1) is 9.52. The number of hydrogen-bond donors (Lipinski definition) is 0. The van der Waals surface area contributed by atoms with Gasteiger partial charge in [-0.1, -0.05) is 29.8 Å². The van der Waals surface area contributed by atoms with Crippen LogP contribution in [-0.2, 0) is 9.53 Å². The van der Waals surface area contributed by atoms with Crippen molar-refractivity contribution in [2.24, 2.45) is 0 Å². The van der Waals surface area contributed by atoms with Gasteiger partial charge in [-0.3, -0.25) is 0 Å². The molecule has 1 rings (SSSR count). The van der Waals surface area contributed by atoms with Gasteiger partial charge in [0, 0.05) is 6.08 Å². The first-order valence-corrected chi connectivity index (χ1v) is 4.05. The van der Waals surface area contributed by atoms with Crippen molar-refractivity contribution in [3.63, 3.8) is 0 Å². The summed E-state index contributed by atoms with van der Waals surface area (Å²) in [4.78, 5) is 10.8. The molecule has 0 bridgehead atoms. The molecule has 0 saturated carbocycles.